The highest BCUT2D eigenvalue weighted by Crippen LogP contribution is 2.34. The molecule has 1 saturated carbocycles. The van der Waals surface area contributed by atoms with Crippen LogP contribution >= 0.6 is 0 Å². The van der Waals surface area contributed by atoms with E-state index in [2.05, 4.69) is 28.4 Å². The molecule has 1 aliphatic heterocycles. The lowest BCUT2D eigenvalue weighted by Gasteiger charge is -2.32. The van der Waals surface area contributed by atoms with Crippen molar-refractivity contribution in [2.24, 2.45) is 0 Å². The van der Waals surface area contributed by atoms with Crippen molar-refractivity contribution in [1.29, 1.82) is 0 Å². The van der Waals surface area contributed by atoms with Crippen molar-refractivity contribution in [2.75, 3.05) is 18.8 Å². The summed E-state index contributed by atoms with van der Waals surface area (Å²) in [5.41, 5.74) is 8.49. The number of nitrogens with zero attached hydrogens (tertiary/aromatic N) is 5. The van der Waals surface area contributed by atoms with Gasteiger partial charge in [0.05, 0.1) is 11.4 Å². The van der Waals surface area contributed by atoms with E-state index in [1.165, 1.54) is 12.4 Å². The van der Waals surface area contributed by atoms with Gasteiger partial charge in [-0.2, -0.15) is 5.10 Å². The van der Waals surface area contributed by atoms with E-state index in [0.29, 0.717) is 35.6 Å². The molecule has 0 unspecified atom stereocenters. The van der Waals surface area contributed by atoms with Gasteiger partial charge < -0.3 is 15.7 Å². The monoisotopic (exact) mass is 470 g/mol. The molecule has 3 N–H and O–H groups in total. The van der Waals surface area contributed by atoms with E-state index in [1.54, 1.807) is 4.90 Å². The van der Waals surface area contributed by atoms with Crippen molar-refractivity contribution in [3.8, 4) is 23.1 Å². The van der Waals surface area contributed by atoms with Crippen molar-refractivity contribution >= 4 is 22.8 Å². The summed E-state index contributed by atoms with van der Waals surface area (Å²) in [6.45, 7) is 4.87. The first-order valence-corrected chi connectivity index (χ1v) is 12.2. The second-order valence-electron chi connectivity index (χ2n) is 9.45. The Morgan fingerprint density at radius 1 is 1.17 bits per heavy atom. The highest BCUT2D eigenvalue weighted by molar-refractivity contribution is 5.98. The van der Waals surface area contributed by atoms with Gasteiger partial charge in [-0.15, -0.1) is 0 Å². The van der Waals surface area contributed by atoms with Crippen LogP contribution in [0.3, 0.4) is 0 Å². The number of rotatable bonds is 3. The van der Waals surface area contributed by atoms with E-state index >= 15 is 0 Å². The summed E-state index contributed by atoms with van der Waals surface area (Å²) in [6, 6.07) is 7.78. The van der Waals surface area contributed by atoms with Gasteiger partial charge >= 0.3 is 0 Å². The van der Waals surface area contributed by atoms with Gasteiger partial charge in [-0.1, -0.05) is 37.0 Å². The molecule has 0 radical (unpaired) electrons. The maximum Gasteiger partial charge on any atom is 0.246 e. The molecular weight excluding hydrogens is 440 g/mol. The van der Waals surface area contributed by atoms with Crippen LogP contribution < -0.4 is 5.73 Å². The first kappa shape index (κ1) is 23.1. The quantitative estimate of drug-likeness (QED) is 0.448. The third kappa shape index (κ3) is 4.64. The molecule has 8 nitrogen and oxygen atoms in total. The molecule has 2 aliphatic rings. The minimum atomic E-state index is -0.876. The summed E-state index contributed by atoms with van der Waals surface area (Å²) in [4.78, 5) is 22.7. The molecule has 5 rings (SSSR count). The van der Waals surface area contributed by atoms with E-state index in [1.807, 2.05) is 28.9 Å². The number of benzene rings is 1. The molecule has 8 heteroatoms. The smallest absolute Gasteiger partial charge is 0.246 e. The lowest BCUT2D eigenvalue weighted by atomic mass is 9.85. The van der Waals surface area contributed by atoms with Gasteiger partial charge in [0.1, 0.15) is 23.4 Å². The molecule has 1 atom stereocenters. The number of fused-ring (bicyclic) bond motifs is 1. The van der Waals surface area contributed by atoms with Gasteiger partial charge in [0.25, 0.3) is 0 Å². The third-order valence-corrected chi connectivity index (χ3v) is 7.03. The van der Waals surface area contributed by atoms with Crippen molar-refractivity contribution in [3.63, 3.8) is 0 Å². The van der Waals surface area contributed by atoms with Crippen LogP contribution in [-0.4, -0.2) is 54.4 Å². The van der Waals surface area contributed by atoms with Gasteiger partial charge in [0.15, 0.2) is 5.65 Å². The summed E-state index contributed by atoms with van der Waals surface area (Å²) in [5, 5.41) is 16.3. The molecule has 2 aromatic heterocycles. The number of nitrogen functional groups attached to an aromatic ring is 1. The predicted molar refractivity (Wildman–Crippen MR) is 135 cm³/mol. The van der Waals surface area contributed by atoms with Crippen molar-refractivity contribution in [2.45, 2.75) is 56.6 Å². The number of hydrogen-bond donors (Lipinski definition) is 2. The number of aromatic nitrogens is 4. The Labute approximate surface area is 204 Å². The largest absolute Gasteiger partial charge is 0.383 e. The minimum absolute atomic E-state index is 0.0143. The van der Waals surface area contributed by atoms with Crippen molar-refractivity contribution in [3.05, 3.63) is 48.8 Å². The molecule has 35 heavy (non-hydrogen) atoms. The number of hydrogen-bond acceptors (Lipinski definition) is 6. The normalized spacial score (nSPS) is 19.7. The summed E-state index contributed by atoms with van der Waals surface area (Å²) < 4.78 is 1.89. The Morgan fingerprint density at radius 2 is 1.94 bits per heavy atom. The minimum Gasteiger partial charge on any atom is -0.383 e. The molecule has 3 heterocycles. The lowest BCUT2D eigenvalue weighted by Crippen LogP contribution is -2.40. The van der Waals surface area contributed by atoms with E-state index in [9.17, 15) is 9.90 Å². The Morgan fingerprint density at radius 3 is 2.69 bits per heavy atom. The average molecular weight is 471 g/mol. The molecule has 1 aromatic carbocycles. The van der Waals surface area contributed by atoms with Gasteiger partial charge in [0.2, 0.25) is 5.91 Å². The maximum atomic E-state index is 12.2. The first-order valence-electron chi connectivity index (χ1n) is 12.2. The summed E-state index contributed by atoms with van der Waals surface area (Å²) in [6.07, 6.45) is 9.23. The Hall–Kier alpha value is -3.70. The molecule has 0 bridgehead atoms. The standard InChI is InChI=1S/C27H30N6O2/c1-2-22(34)32-16-6-7-21(17-32)33-26-23(25(28)29-18-30-26)24(31-33)20-10-8-19(9-11-20)12-15-27(35)13-4-3-5-14-27/h2,8-11,18,21,35H,1,3-7,13-14,16-17H2,(H2,28,29,30)/t21-/m1/s1. The number of amides is 1. The van der Waals surface area contributed by atoms with Crippen LogP contribution in [0.25, 0.3) is 22.3 Å². The Kier molecular flexibility index (Phi) is 6.27. The molecule has 2 fully saturated rings. The number of likely N-dealkylation sites (tertiary alicyclic amines) is 1. The fraction of sp³-hybridized carbons (Fsp3) is 0.407. The average Bonchev–Trinajstić information content (AvgIpc) is 3.29. The molecule has 1 saturated heterocycles. The van der Waals surface area contributed by atoms with E-state index in [4.69, 9.17) is 10.8 Å². The number of piperidine rings is 1. The second-order valence-corrected chi connectivity index (χ2v) is 9.45. The van der Waals surface area contributed by atoms with Crippen LogP contribution in [0.4, 0.5) is 5.82 Å². The number of carbonyl (C=O) groups excluding carboxylic acids is 1. The first-order chi connectivity index (χ1) is 17.0. The molecule has 1 amide bonds. The number of nitrogens with two attached hydrogens (primary N) is 1. The predicted octanol–water partition coefficient (Wildman–Crippen LogP) is 3.47. The maximum absolute atomic E-state index is 12.2. The highest BCUT2D eigenvalue weighted by Gasteiger charge is 2.28. The van der Waals surface area contributed by atoms with Crippen molar-refractivity contribution < 1.29 is 9.90 Å². The summed E-state index contributed by atoms with van der Waals surface area (Å²) >= 11 is 0. The SMILES string of the molecule is C=CC(=O)N1CCC[C@@H](n2nc(-c3ccc(C#CC4(O)CCCCC4)cc3)c3c(N)ncnc32)C1. The summed E-state index contributed by atoms with van der Waals surface area (Å²) in [7, 11) is 0. The van der Waals surface area contributed by atoms with Gasteiger partial charge in [-0.3, -0.25) is 4.79 Å². The van der Waals surface area contributed by atoms with Crippen LogP contribution in [0, 0.1) is 11.8 Å². The lowest BCUT2D eigenvalue weighted by molar-refractivity contribution is -0.127. The van der Waals surface area contributed by atoms with Crippen LogP contribution in [0.2, 0.25) is 0 Å². The van der Waals surface area contributed by atoms with E-state index in [-0.39, 0.29) is 11.9 Å². The summed E-state index contributed by atoms with van der Waals surface area (Å²) in [5.74, 6) is 6.52. The van der Waals surface area contributed by atoms with E-state index < -0.39 is 5.60 Å². The molecule has 0 spiro atoms. The van der Waals surface area contributed by atoms with Crippen LogP contribution in [0.15, 0.2) is 43.2 Å². The zero-order chi connectivity index (χ0) is 24.4. The fourth-order valence-corrected chi connectivity index (χ4v) is 5.10. The number of anilines is 1. The van der Waals surface area contributed by atoms with Crippen LogP contribution in [0.1, 0.15) is 56.6 Å². The Bertz CT molecular complexity index is 1310. The zero-order valence-electron chi connectivity index (χ0n) is 19.8. The topological polar surface area (TPSA) is 110 Å². The van der Waals surface area contributed by atoms with Gasteiger partial charge in [-0.25, -0.2) is 14.6 Å². The molecular formula is C27H30N6O2. The number of carbonyl (C=O) groups is 1. The van der Waals surface area contributed by atoms with Gasteiger partial charge in [0, 0.05) is 24.2 Å². The number of aliphatic hydroxyl groups is 1. The second kappa shape index (κ2) is 9.51. The van der Waals surface area contributed by atoms with Gasteiger partial charge in [-0.05, 0) is 56.7 Å². The third-order valence-electron chi connectivity index (χ3n) is 7.03. The van der Waals surface area contributed by atoms with Crippen LogP contribution in [0.5, 0.6) is 0 Å². The fourth-order valence-electron chi connectivity index (χ4n) is 5.10. The highest BCUT2D eigenvalue weighted by atomic mass is 16.3. The molecule has 180 valence electrons. The Balaban J connectivity index is 1.47. The van der Waals surface area contributed by atoms with E-state index in [0.717, 1.165) is 56.1 Å². The molecule has 1 aliphatic carbocycles. The molecule has 3 aromatic rings. The van der Waals surface area contributed by atoms with Crippen molar-refractivity contribution in [1.82, 2.24) is 24.6 Å². The zero-order valence-corrected chi connectivity index (χ0v) is 19.8. The van der Waals surface area contributed by atoms with Crippen LogP contribution in [-0.2, 0) is 4.79 Å².